The van der Waals surface area contributed by atoms with E-state index < -0.39 is 0 Å². The number of halogens is 1. The summed E-state index contributed by atoms with van der Waals surface area (Å²) in [6, 6.07) is 15.5. The molecular weight excluding hydrogens is 306 g/mol. The average molecular weight is 318 g/mol. The third kappa shape index (κ3) is 3.07. The smallest absolute Gasteiger partial charge is 0.218 e. The highest BCUT2D eigenvalue weighted by molar-refractivity contribution is 7.99. The number of hydrogen-bond donors (Lipinski definition) is 1. The first kappa shape index (κ1) is 14.1. The lowest BCUT2D eigenvalue weighted by Crippen LogP contribution is -1.99. The molecular formula is C14H12ClN5S. The van der Waals surface area contributed by atoms with Crippen molar-refractivity contribution in [3.63, 3.8) is 0 Å². The van der Waals surface area contributed by atoms with Crippen molar-refractivity contribution >= 4 is 23.4 Å². The van der Waals surface area contributed by atoms with Crippen molar-refractivity contribution in [3.05, 3.63) is 59.1 Å². The Morgan fingerprint density at radius 3 is 2.67 bits per heavy atom. The standard InChI is InChI=1S/C14H12ClN5S/c15-13-8-12(7-6-10(13)9-16)21-14-17-18-19-20(14)11-4-2-1-3-5-11/h1-8H,9,16H2. The summed E-state index contributed by atoms with van der Waals surface area (Å²) in [5, 5.41) is 13.2. The van der Waals surface area contributed by atoms with Crippen molar-refractivity contribution in [2.75, 3.05) is 0 Å². The predicted molar refractivity (Wildman–Crippen MR) is 82.6 cm³/mol. The van der Waals surface area contributed by atoms with Crippen molar-refractivity contribution < 1.29 is 0 Å². The van der Waals surface area contributed by atoms with Crippen LogP contribution in [0.5, 0.6) is 0 Å². The van der Waals surface area contributed by atoms with Crippen molar-refractivity contribution in [3.8, 4) is 5.69 Å². The monoisotopic (exact) mass is 317 g/mol. The summed E-state index contributed by atoms with van der Waals surface area (Å²) in [5.41, 5.74) is 7.44. The van der Waals surface area contributed by atoms with Crippen molar-refractivity contribution in [1.82, 2.24) is 20.2 Å². The molecule has 0 unspecified atom stereocenters. The van der Waals surface area contributed by atoms with Gasteiger partial charge in [-0.15, -0.1) is 5.10 Å². The summed E-state index contributed by atoms with van der Waals surface area (Å²) in [4.78, 5) is 0.962. The van der Waals surface area contributed by atoms with Gasteiger partial charge in [0.2, 0.25) is 5.16 Å². The summed E-state index contributed by atoms with van der Waals surface area (Å²) in [5.74, 6) is 0. The summed E-state index contributed by atoms with van der Waals surface area (Å²) in [6.45, 7) is 0.422. The topological polar surface area (TPSA) is 69.6 Å². The van der Waals surface area contributed by atoms with Gasteiger partial charge in [0.1, 0.15) is 0 Å². The zero-order valence-electron chi connectivity index (χ0n) is 11.0. The first-order chi connectivity index (χ1) is 10.3. The molecule has 3 rings (SSSR count). The normalized spacial score (nSPS) is 10.8. The van der Waals surface area contributed by atoms with Gasteiger partial charge in [0.25, 0.3) is 0 Å². The Morgan fingerprint density at radius 1 is 1.14 bits per heavy atom. The SMILES string of the molecule is NCc1ccc(Sc2nnnn2-c2ccccc2)cc1Cl. The van der Waals surface area contributed by atoms with E-state index in [1.54, 1.807) is 4.68 Å². The van der Waals surface area contributed by atoms with E-state index in [2.05, 4.69) is 15.5 Å². The Kier molecular flexibility index (Phi) is 4.19. The molecule has 0 aliphatic rings. The summed E-state index contributed by atoms with van der Waals surface area (Å²) in [7, 11) is 0. The van der Waals surface area contributed by atoms with Crippen LogP contribution in [0.15, 0.2) is 58.6 Å². The maximum absolute atomic E-state index is 6.17. The van der Waals surface area contributed by atoms with Crippen LogP contribution in [-0.4, -0.2) is 20.2 Å². The van der Waals surface area contributed by atoms with Gasteiger partial charge in [0.15, 0.2) is 0 Å². The number of aromatic nitrogens is 4. The summed E-state index contributed by atoms with van der Waals surface area (Å²) >= 11 is 7.63. The molecule has 0 amide bonds. The molecule has 1 heterocycles. The molecule has 0 saturated carbocycles. The van der Waals surface area contributed by atoms with Crippen LogP contribution in [0.25, 0.3) is 5.69 Å². The van der Waals surface area contributed by atoms with E-state index in [1.807, 2.05) is 48.5 Å². The summed E-state index contributed by atoms with van der Waals surface area (Å²) < 4.78 is 1.69. The first-order valence-electron chi connectivity index (χ1n) is 6.28. The molecule has 0 spiro atoms. The van der Waals surface area contributed by atoms with Crippen LogP contribution in [0.4, 0.5) is 0 Å². The molecule has 2 N–H and O–H groups in total. The van der Waals surface area contributed by atoms with Crippen LogP contribution in [-0.2, 0) is 6.54 Å². The number of nitrogens with zero attached hydrogens (tertiary/aromatic N) is 4. The Morgan fingerprint density at radius 2 is 1.95 bits per heavy atom. The van der Waals surface area contributed by atoms with Crippen LogP contribution < -0.4 is 5.73 Å². The van der Waals surface area contributed by atoms with Gasteiger partial charge < -0.3 is 5.73 Å². The molecule has 1 aromatic heterocycles. The third-order valence-electron chi connectivity index (χ3n) is 2.90. The minimum atomic E-state index is 0.422. The molecule has 0 radical (unpaired) electrons. The average Bonchev–Trinajstić information content (AvgIpc) is 2.96. The number of tetrazole rings is 1. The molecule has 0 bridgehead atoms. The minimum absolute atomic E-state index is 0.422. The van der Waals surface area contributed by atoms with E-state index >= 15 is 0 Å². The number of para-hydroxylation sites is 1. The number of nitrogens with two attached hydrogens (primary N) is 1. The maximum Gasteiger partial charge on any atom is 0.218 e. The molecule has 0 fully saturated rings. The Hall–Kier alpha value is -1.89. The minimum Gasteiger partial charge on any atom is -0.326 e. The van der Waals surface area contributed by atoms with E-state index in [0.717, 1.165) is 16.1 Å². The highest BCUT2D eigenvalue weighted by Crippen LogP contribution is 2.30. The largest absolute Gasteiger partial charge is 0.326 e. The lowest BCUT2D eigenvalue weighted by atomic mass is 10.2. The molecule has 0 atom stereocenters. The van der Waals surface area contributed by atoms with E-state index in [1.165, 1.54) is 11.8 Å². The number of rotatable bonds is 4. The molecule has 3 aromatic rings. The zero-order chi connectivity index (χ0) is 14.7. The van der Waals surface area contributed by atoms with Crippen LogP contribution >= 0.6 is 23.4 Å². The second-order valence-corrected chi connectivity index (χ2v) is 5.72. The van der Waals surface area contributed by atoms with Crippen molar-refractivity contribution in [2.24, 2.45) is 5.73 Å². The molecule has 0 aliphatic heterocycles. The zero-order valence-corrected chi connectivity index (χ0v) is 12.6. The highest BCUT2D eigenvalue weighted by Gasteiger charge is 2.10. The van der Waals surface area contributed by atoms with Crippen LogP contribution in [0.2, 0.25) is 5.02 Å². The maximum atomic E-state index is 6.17. The number of hydrogen-bond acceptors (Lipinski definition) is 5. The lowest BCUT2D eigenvalue weighted by molar-refractivity contribution is 0.756. The van der Waals surface area contributed by atoms with Gasteiger partial charge >= 0.3 is 0 Å². The second kappa shape index (κ2) is 6.26. The van der Waals surface area contributed by atoms with Crippen LogP contribution in [0.3, 0.4) is 0 Å². The van der Waals surface area contributed by atoms with E-state index in [-0.39, 0.29) is 0 Å². The van der Waals surface area contributed by atoms with E-state index in [4.69, 9.17) is 17.3 Å². The Balaban J connectivity index is 1.90. The van der Waals surface area contributed by atoms with Gasteiger partial charge in [-0.05, 0) is 52.0 Å². The molecule has 2 aromatic carbocycles. The van der Waals surface area contributed by atoms with Gasteiger partial charge in [-0.1, -0.05) is 35.9 Å². The molecule has 0 saturated heterocycles. The first-order valence-corrected chi connectivity index (χ1v) is 7.47. The van der Waals surface area contributed by atoms with Gasteiger partial charge in [-0.25, -0.2) is 0 Å². The molecule has 21 heavy (non-hydrogen) atoms. The fraction of sp³-hybridized carbons (Fsp3) is 0.0714. The molecule has 0 aliphatic carbocycles. The Labute approximate surface area is 131 Å². The lowest BCUT2D eigenvalue weighted by Gasteiger charge is -2.06. The van der Waals surface area contributed by atoms with Crippen LogP contribution in [0, 0.1) is 0 Å². The van der Waals surface area contributed by atoms with Crippen molar-refractivity contribution in [2.45, 2.75) is 16.6 Å². The van der Waals surface area contributed by atoms with Gasteiger partial charge in [-0.2, -0.15) is 4.68 Å². The second-order valence-electron chi connectivity index (χ2n) is 4.27. The van der Waals surface area contributed by atoms with Crippen LogP contribution in [0.1, 0.15) is 5.56 Å². The van der Waals surface area contributed by atoms with Gasteiger partial charge in [0.05, 0.1) is 5.69 Å². The molecule has 106 valence electrons. The quantitative estimate of drug-likeness (QED) is 0.801. The van der Waals surface area contributed by atoms with Gasteiger partial charge in [-0.3, -0.25) is 0 Å². The Bertz CT molecular complexity index is 744. The van der Waals surface area contributed by atoms with Gasteiger partial charge in [0, 0.05) is 16.5 Å². The predicted octanol–water partition coefficient (Wildman–Crippen LogP) is 2.93. The third-order valence-corrected chi connectivity index (χ3v) is 4.17. The summed E-state index contributed by atoms with van der Waals surface area (Å²) in [6.07, 6.45) is 0. The van der Waals surface area contributed by atoms with E-state index in [0.29, 0.717) is 16.7 Å². The van der Waals surface area contributed by atoms with E-state index in [9.17, 15) is 0 Å². The van der Waals surface area contributed by atoms with Crippen molar-refractivity contribution in [1.29, 1.82) is 0 Å². The fourth-order valence-electron chi connectivity index (χ4n) is 1.84. The highest BCUT2D eigenvalue weighted by atomic mass is 35.5. The molecule has 7 heteroatoms. The fourth-order valence-corrected chi connectivity index (χ4v) is 2.99. The number of benzene rings is 2. The molecule has 5 nitrogen and oxygen atoms in total.